The van der Waals surface area contributed by atoms with Gasteiger partial charge in [-0.15, -0.1) is 0 Å². The number of halogens is 1. The Bertz CT molecular complexity index is 594. The van der Waals surface area contributed by atoms with Crippen LogP contribution in [0.4, 0.5) is 9.18 Å². The van der Waals surface area contributed by atoms with Crippen LogP contribution in [0, 0.1) is 11.7 Å². The van der Waals surface area contributed by atoms with Crippen LogP contribution < -0.4 is 11.5 Å². The highest BCUT2D eigenvalue weighted by Crippen LogP contribution is 2.36. The molecule has 6 nitrogen and oxygen atoms in total. The number of benzene rings is 1. The molecule has 0 aromatic heterocycles. The largest absolute Gasteiger partial charge is 0.466 e. The van der Waals surface area contributed by atoms with Crippen LogP contribution in [0.1, 0.15) is 36.9 Å². The van der Waals surface area contributed by atoms with Gasteiger partial charge in [-0.3, -0.25) is 4.79 Å². The van der Waals surface area contributed by atoms with Crippen LogP contribution in [0.25, 0.3) is 0 Å². The molecule has 0 radical (unpaired) electrons. The molecule has 0 bridgehead atoms. The van der Waals surface area contributed by atoms with E-state index in [0.29, 0.717) is 31.6 Å². The number of urea groups is 1. The SMILES string of the molecule is CCOC(=O)C1CCN(C(N)=O)C(c2ccc(F)cc2CN)C1. The van der Waals surface area contributed by atoms with E-state index < -0.39 is 17.9 Å². The van der Waals surface area contributed by atoms with Gasteiger partial charge < -0.3 is 21.1 Å². The Morgan fingerprint density at radius 1 is 1.43 bits per heavy atom. The normalized spacial score (nSPS) is 21.1. The molecule has 1 aromatic carbocycles. The first kappa shape index (κ1) is 17.2. The van der Waals surface area contributed by atoms with Gasteiger partial charge in [-0.1, -0.05) is 6.07 Å². The van der Waals surface area contributed by atoms with Gasteiger partial charge in [0.15, 0.2) is 0 Å². The summed E-state index contributed by atoms with van der Waals surface area (Å²) in [7, 11) is 0. The standard InChI is InChI=1S/C16H22FN3O3/c1-2-23-15(21)10-5-6-20(16(19)22)14(8-10)13-4-3-12(17)7-11(13)9-18/h3-4,7,10,14H,2,5-6,8-9,18H2,1H3,(H2,19,22). The molecule has 1 aromatic rings. The van der Waals surface area contributed by atoms with Crippen molar-refractivity contribution in [1.29, 1.82) is 0 Å². The Kier molecular flexibility index (Phi) is 5.54. The highest BCUT2D eigenvalue weighted by molar-refractivity contribution is 5.75. The fourth-order valence-electron chi connectivity index (χ4n) is 3.07. The Morgan fingerprint density at radius 2 is 2.17 bits per heavy atom. The first-order chi connectivity index (χ1) is 11.0. The van der Waals surface area contributed by atoms with Gasteiger partial charge in [0.2, 0.25) is 0 Å². The molecule has 1 saturated heterocycles. The summed E-state index contributed by atoms with van der Waals surface area (Å²) < 4.78 is 18.5. The Balaban J connectivity index is 2.33. The Hall–Kier alpha value is -2.15. The first-order valence-corrected chi connectivity index (χ1v) is 7.69. The molecule has 0 spiro atoms. The number of nitrogens with two attached hydrogens (primary N) is 2. The van der Waals surface area contributed by atoms with E-state index in [1.54, 1.807) is 13.0 Å². The van der Waals surface area contributed by atoms with Gasteiger partial charge in [-0.2, -0.15) is 0 Å². The van der Waals surface area contributed by atoms with E-state index in [4.69, 9.17) is 16.2 Å². The van der Waals surface area contributed by atoms with Crippen molar-refractivity contribution in [2.24, 2.45) is 17.4 Å². The van der Waals surface area contributed by atoms with Crippen LogP contribution in [0.15, 0.2) is 18.2 Å². The minimum atomic E-state index is -0.565. The molecular formula is C16H22FN3O3. The summed E-state index contributed by atoms with van der Waals surface area (Å²) in [5.74, 6) is -0.984. The van der Waals surface area contributed by atoms with Gasteiger partial charge in [-0.25, -0.2) is 9.18 Å². The summed E-state index contributed by atoms with van der Waals surface area (Å²) in [4.78, 5) is 25.3. The number of rotatable bonds is 4. The quantitative estimate of drug-likeness (QED) is 0.824. The van der Waals surface area contributed by atoms with Gasteiger partial charge in [0, 0.05) is 13.1 Å². The van der Waals surface area contributed by atoms with Crippen molar-refractivity contribution in [2.45, 2.75) is 32.4 Å². The second-order valence-electron chi connectivity index (χ2n) is 5.57. The predicted octanol–water partition coefficient (Wildman–Crippen LogP) is 1.68. The van der Waals surface area contributed by atoms with E-state index in [2.05, 4.69) is 0 Å². The van der Waals surface area contributed by atoms with E-state index >= 15 is 0 Å². The molecule has 1 aliphatic heterocycles. The molecule has 23 heavy (non-hydrogen) atoms. The smallest absolute Gasteiger partial charge is 0.315 e. The fourth-order valence-corrected chi connectivity index (χ4v) is 3.07. The number of primary amides is 1. The lowest BCUT2D eigenvalue weighted by Crippen LogP contribution is -2.45. The second-order valence-corrected chi connectivity index (χ2v) is 5.57. The zero-order valence-corrected chi connectivity index (χ0v) is 13.1. The molecule has 0 saturated carbocycles. The number of likely N-dealkylation sites (tertiary alicyclic amines) is 1. The molecule has 2 amide bonds. The van der Waals surface area contributed by atoms with Crippen LogP contribution in [0.3, 0.4) is 0 Å². The third-order valence-electron chi connectivity index (χ3n) is 4.19. The average molecular weight is 323 g/mol. The Labute approximate surface area is 134 Å². The lowest BCUT2D eigenvalue weighted by molar-refractivity contribution is -0.150. The van der Waals surface area contributed by atoms with Crippen LogP contribution in [0.2, 0.25) is 0 Å². The number of hydrogen-bond acceptors (Lipinski definition) is 4. The van der Waals surface area contributed by atoms with Gasteiger partial charge in [0.25, 0.3) is 0 Å². The summed E-state index contributed by atoms with van der Waals surface area (Å²) in [6.45, 7) is 2.55. The molecule has 2 unspecified atom stereocenters. The number of nitrogens with zero attached hydrogens (tertiary/aromatic N) is 1. The third-order valence-corrected chi connectivity index (χ3v) is 4.19. The van der Waals surface area contributed by atoms with E-state index in [1.165, 1.54) is 17.0 Å². The van der Waals surface area contributed by atoms with Crippen molar-refractivity contribution >= 4 is 12.0 Å². The van der Waals surface area contributed by atoms with E-state index in [1.807, 2.05) is 0 Å². The maximum atomic E-state index is 13.4. The minimum Gasteiger partial charge on any atom is -0.466 e. The highest BCUT2D eigenvalue weighted by Gasteiger charge is 2.36. The van der Waals surface area contributed by atoms with Crippen LogP contribution in [-0.4, -0.2) is 30.1 Å². The molecule has 2 rings (SSSR count). The molecule has 1 aliphatic rings. The summed E-state index contributed by atoms with van der Waals surface area (Å²) in [6.07, 6.45) is 0.887. The van der Waals surface area contributed by atoms with Gasteiger partial charge in [0.05, 0.1) is 18.6 Å². The molecule has 4 N–H and O–H groups in total. The number of piperidine rings is 1. The zero-order chi connectivity index (χ0) is 17.0. The highest BCUT2D eigenvalue weighted by atomic mass is 19.1. The molecule has 1 heterocycles. The number of ether oxygens (including phenoxy) is 1. The first-order valence-electron chi connectivity index (χ1n) is 7.69. The molecular weight excluding hydrogens is 301 g/mol. The van der Waals surface area contributed by atoms with Crippen molar-refractivity contribution < 1.29 is 18.7 Å². The van der Waals surface area contributed by atoms with Crippen LogP contribution in [0.5, 0.6) is 0 Å². The van der Waals surface area contributed by atoms with Gasteiger partial charge in [-0.05, 0) is 43.0 Å². The molecule has 1 fully saturated rings. The minimum absolute atomic E-state index is 0.139. The van der Waals surface area contributed by atoms with Gasteiger partial charge >= 0.3 is 12.0 Å². The molecule has 2 atom stereocenters. The Morgan fingerprint density at radius 3 is 2.78 bits per heavy atom. The number of esters is 1. The zero-order valence-electron chi connectivity index (χ0n) is 13.1. The number of hydrogen-bond donors (Lipinski definition) is 2. The van der Waals surface area contributed by atoms with Crippen LogP contribution in [-0.2, 0) is 16.1 Å². The molecule has 7 heteroatoms. The maximum Gasteiger partial charge on any atom is 0.315 e. The van der Waals surface area contributed by atoms with Crippen molar-refractivity contribution in [3.05, 3.63) is 35.1 Å². The van der Waals surface area contributed by atoms with Crippen molar-refractivity contribution in [2.75, 3.05) is 13.2 Å². The predicted molar refractivity (Wildman–Crippen MR) is 82.7 cm³/mol. The van der Waals surface area contributed by atoms with Crippen LogP contribution >= 0.6 is 0 Å². The van der Waals surface area contributed by atoms with E-state index in [9.17, 15) is 14.0 Å². The maximum absolute atomic E-state index is 13.4. The molecule has 0 aliphatic carbocycles. The average Bonchev–Trinajstić information content (AvgIpc) is 2.54. The summed E-state index contributed by atoms with van der Waals surface area (Å²) in [5, 5.41) is 0. The topological polar surface area (TPSA) is 98.6 Å². The summed E-state index contributed by atoms with van der Waals surface area (Å²) in [6, 6.07) is 3.30. The lowest BCUT2D eigenvalue weighted by Gasteiger charge is -2.38. The van der Waals surface area contributed by atoms with Gasteiger partial charge in [0.1, 0.15) is 5.82 Å². The lowest BCUT2D eigenvalue weighted by atomic mass is 9.85. The molecule has 126 valence electrons. The van der Waals surface area contributed by atoms with E-state index in [-0.39, 0.29) is 18.4 Å². The third kappa shape index (κ3) is 3.79. The number of carbonyl (C=O) groups is 2. The van der Waals surface area contributed by atoms with Crippen molar-refractivity contribution in [1.82, 2.24) is 4.90 Å². The summed E-state index contributed by atoms with van der Waals surface area (Å²) >= 11 is 0. The van der Waals surface area contributed by atoms with Crippen molar-refractivity contribution in [3.8, 4) is 0 Å². The second kappa shape index (κ2) is 7.41. The van der Waals surface area contributed by atoms with E-state index in [0.717, 1.165) is 5.56 Å². The van der Waals surface area contributed by atoms with Crippen molar-refractivity contribution in [3.63, 3.8) is 0 Å². The monoisotopic (exact) mass is 323 g/mol. The number of amides is 2. The number of carbonyl (C=O) groups excluding carboxylic acids is 2. The fraction of sp³-hybridized carbons (Fsp3) is 0.500. The summed E-state index contributed by atoms with van der Waals surface area (Å²) in [5.41, 5.74) is 12.5.